The molecule has 1 amide bonds. The third-order valence-electron chi connectivity index (χ3n) is 2.04. The molecule has 1 aliphatic rings. The summed E-state index contributed by atoms with van der Waals surface area (Å²) in [6, 6.07) is 0.220. The van der Waals surface area contributed by atoms with E-state index < -0.39 is 0 Å². The summed E-state index contributed by atoms with van der Waals surface area (Å²) in [4.78, 5) is 12.8. The largest absolute Gasteiger partial charge is 0.392 e. The Morgan fingerprint density at radius 3 is 2.92 bits per heavy atom. The van der Waals surface area contributed by atoms with Crippen molar-refractivity contribution in [3.8, 4) is 0 Å². The summed E-state index contributed by atoms with van der Waals surface area (Å²) < 4.78 is 0. The number of hydrogen-bond acceptors (Lipinski definition) is 3. The number of carbonyl (C=O) groups excluding carboxylic acids is 1. The number of likely N-dealkylation sites (N-methyl/N-ethyl adjacent to an activating group) is 1. The van der Waals surface area contributed by atoms with E-state index in [1.165, 1.54) is 0 Å². The van der Waals surface area contributed by atoms with E-state index in [2.05, 4.69) is 5.32 Å². The van der Waals surface area contributed by atoms with Crippen LogP contribution in [0.5, 0.6) is 0 Å². The highest BCUT2D eigenvalue weighted by atomic mass is 16.3. The van der Waals surface area contributed by atoms with Crippen LogP contribution in [0, 0.1) is 0 Å². The highest BCUT2D eigenvalue weighted by Gasteiger charge is 2.25. The molecule has 2 N–H and O–H groups in total. The second kappa shape index (κ2) is 3.87. The lowest BCUT2D eigenvalue weighted by Crippen LogP contribution is -2.36. The monoisotopic (exact) mass is 172 g/mol. The molecule has 0 saturated carbocycles. The summed E-state index contributed by atoms with van der Waals surface area (Å²) >= 11 is 0. The molecule has 1 unspecified atom stereocenters. The summed E-state index contributed by atoms with van der Waals surface area (Å²) in [6.45, 7) is 3.05. The lowest BCUT2D eigenvalue weighted by atomic mass is 10.2. The molecule has 1 aliphatic heterocycles. The van der Waals surface area contributed by atoms with Gasteiger partial charge in [0.05, 0.1) is 6.10 Å². The molecule has 0 aromatic carbocycles. The van der Waals surface area contributed by atoms with Gasteiger partial charge in [-0.3, -0.25) is 4.79 Å². The standard InChI is InChI=1S/C8H16N2O2/c1-6(11)4-9-7-3-8(12)10(2)5-7/h6-7,9,11H,3-5H2,1-2H3/t6-,7?/m1/s1. The summed E-state index contributed by atoms with van der Waals surface area (Å²) in [5.74, 6) is 0.179. The van der Waals surface area contributed by atoms with Gasteiger partial charge in [-0.25, -0.2) is 0 Å². The van der Waals surface area contributed by atoms with Crippen molar-refractivity contribution < 1.29 is 9.90 Å². The molecule has 70 valence electrons. The molecule has 1 heterocycles. The maximum atomic E-state index is 11.1. The van der Waals surface area contributed by atoms with Crippen LogP contribution in [0.4, 0.5) is 0 Å². The zero-order chi connectivity index (χ0) is 9.14. The number of likely N-dealkylation sites (tertiary alicyclic amines) is 1. The Balaban J connectivity index is 2.23. The molecule has 4 nitrogen and oxygen atoms in total. The molecule has 4 heteroatoms. The number of hydrogen-bond donors (Lipinski definition) is 2. The molecular weight excluding hydrogens is 156 g/mol. The number of rotatable bonds is 3. The van der Waals surface area contributed by atoms with Crippen LogP contribution in [0.1, 0.15) is 13.3 Å². The number of aliphatic hydroxyl groups excluding tert-OH is 1. The first-order valence-electron chi connectivity index (χ1n) is 4.25. The molecule has 12 heavy (non-hydrogen) atoms. The van der Waals surface area contributed by atoms with Crippen LogP contribution >= 0.6 is 0 Å². The van der Waals surface area contributed by atoms with E-state index in [0.717, 1.165) is 6.54 Å². The average Bonchev–Trinajstić information content (AvgIpc) is 2.28. The molecule has 0 aromatic heterocycles. The van der Waals surface area contributed by atoms with E-state index in [9.17, 15) is 4.79 Å². The van der Waals surface area contributed by atoms with Gasteiger partial charge in [0.2, 0.25) is 5.91 Å². The normalized spacial score (nSPS) is 26.4. The summed E-state index contributed by atoms with van der Waals surface area (Å²) in [7, 11) is 1.80. The molecule has 1 rings (SSSR count). The summed E-state index contributed by atoms with van der Waals surface area (Å²) in [5.41, 5.74) is 0. The van der Waals surface area contributed by atoms with Crippen LogP contribution in [0.2, 0.25) is 0 Å². The van der Waals surface area contributed by atoms with Crippen molar-refractivity contribution in [2.24, 2.45) is 0 Å². The number of aliphatic hydroxyl groups is 1. The SMILES string of the molecule is C[C@@H](O)CNC1CC(=O)N(C)C1. The zero-order valence-corrected chi connectivity index (χ0v) is 7.58. The molecular formula is C8H16N2O2. The van der Waals surface area contributed by atoms with Crippen molar-refractivity contribution >= 4 is 5.91 Å². The second-order valence-corrected chi connectivity index (χ2v) is 3.43. The van der Waals surface area contributed by atoms with Crippen molar-refractivity contribution in [1.82, 2.24) is 10.2 Å². The average molecular weight is 172 g/mol. The van der Waals surface area contributed by atoms with Crippen LogP contribution in [-0.4, -0.2) is 48.2 Å². The lowest BCUT2D eigenvalue weighted by Gasteiger charge is -2.13. The minimum Gasteiger partial charge on any atom is -0.392 e. The van der Waals surface area contributed by atoms with E-state index in [-0.39, 0.29) is 18.1 Å². The van der Waals surface area contributed by atoms with E-state index in [0.29, 0.717) is 13.0 Å². The highest BCUT2D eigenvalue weighted by Crippen LogP contribution is 2.07. The van der Waals surface area contributed by atoms with Gasteiger partial charge in [0.1, 0.15) is 0 Å². The van der Waals surface area contributed by atoms with Crippen molar-refractivity contribution in [3.05, 3.63) is 0 Å². The van der Waals surface area contributed by atoms with Gasteiger partial charge in [0, 0.05) is 32.6 Å². The van der Waals surface area contributed by atoms with Crippen molar-refractivity contribution in [2.75, 3.05) is 20.1 Å². The van der Waals surface area contributed by atoms with Gasteiger partial charge >= 0.3 is 0 Å². The lowest BCUT2D eigenvalue weighted by molar-refractivity contribution is -0.126. The molecule has 0 aliphatic carbocycles. The van der Waals surface area contributed by atoms with E-state index in [1.54, 1.807) is 18.9 Å². The first-order chi connectivity index (χ1) is 5.59. The van der Waals surface area contributed by atoms with Gasteiger partial charge in [0.25, 0.3) is 0 Å². The number of carbonyl (C=O) groups is 1. The Kier molecular flexibility index (Phi) is 3.05. The fourth-order valence-electron chi connectivity index (χ4n) is 1.34. The number of nitrogens with zero attached hydrogens (tertiary/aromatic N) is 1. The third kappa shape index (κ3) is 2.46. The Morgan fingerprint density at radius 2 is 2.50 bits per heavy atom. The molecule has 2 atom stereocenters. The Bertz CT molecular complexity index is 170. The molecule has 0 spiro atoms. The molecule has 0 aromatic rings. The summed E-state index contributed by atoms with van der Waals surface area (Å²) in [6.07, 6.45) is 0.217. The predicted molar refractivity (Wildman–Crippen MR) is 45.7 cm³/mol. The van der Waals surface area contributed by atoms with Crippen molar-refractivity contribution in [2.45, 2.75) is 25.5 Å². The quantitative estimate of drug-likeness (QED) is 0.585. The Morgan fingerprint density at radius 1 is 1.83 bits per heavy atom. The van der Waals surface area contributed by atoms with Crippen LogP contribution in [0.15, 0.2) is 0 Å². The predicted octanol–water partition coefficient (Wildman–Crippen LogP) is -0.812. The number of nitrogens with one attached hydrogen (secondary N) is 1. The first kappa shape index (κ1) is 9.48. The maximum absolute atomic E-state index is 11.1. The van der Waals surface area contributed by atoms with E-state index >= 15 is 0 Å². The Labute approximate surface area is 72.6 Å². The minimum absolute atomic E-state index is 0.179. The molecule has 1 fully saturated rings. The fourth-order valence-corrected chi connectivity index (χ4v) is 1.34. The van der Waals surface area contributed by atoms with Crippen LogP contribution < -0.4 is 5.32 Å². The minimum atomic E-state index is -0.342. The van der Waals surface area contributed by atoms with E-state index in [1.807, 2.05) is 0 Å². The molecule has 1 saturated heterocycles. The zero-order valence-electron chi connectivity index (χ0n) is 7.58. The first-order valence-corrected chi connectivity index (χ1v) is 4.25. The van der Waals surface area contributed by atoms with E-state index in [4.69, 9.17) is 5.11 Å². The van der Waals surface area contributed by atoms with Gasteiger partial charge in [-0.15, -0.1) is 0 Å². The maximum Gasteiger partial charge on any atom is 0.224 e. The van der Waals surface area contributed by atoms with Gasteiger partial charge in [0.15, 0.2) is 0 Å². The number of amides is 1. The van der Waals surface area contributed by atoms with Gasteiger partial charge < -0.3 is 15.3 Å². The molecule has 0 bridgehead atoms. The topological polar surface area (TPSA) is 52.6 Å². The van der Waals surface area contributed by atoms with Gasteiger partial charge in [-0.1, -0.05) is 0 Å². The summed E-state index contributed by atoms with van der Waals surface area (Å²) in [5, 5.41) is 12.1. The van der Waals surface area contributed by atoms with Crippen LogP contribution in [0.25, 0.3) is 0 Å². The Hall–Kier alpha value is -0.610. The third-order valence-corrected chi connectivity index (χ3v) is 2.04. The van der Waals surface area contributed by atoms with Crippen LogP contribution in [-0.2, 0) is 4.79 Å². The van der Waals surface area contributed by atoms with Gasteiger partial charge in [-0.2, -0.15) is 0 Å². The van der Waals surface area contributed by atoms with Crippen molar-refractivity contribution in [1.29, 1.82) is 0 Å². The smallest absolute Gasteiger partial charge is 0.224 e. The second-order valence-electron chi connectivity index (χ2n) is 3.43. The molecule has 0 radical (unpaired) electrons. The van der Waals surface area contributed by atoms with Crippen molar-refractivity contribution in [3.63, 3.8) is 0 Å². The van der Waals surface area contributed by atoms with Crippen LogP contribution in [0.3, 0.4) is 0 Å². The fraction of sp³-hybridized carbons (Fsp3) is 0.875. The van der Waals surface area contributed by atoms with Gasteiger partial charge in [-0.05, 0) is 6.92 Å². The highest BCUT2D eigenvalue weighted by molar-refractivity contribution is 5.78.